The van der Waals surface area contributed by atoms with Gasteiger partial charge in [0.05, 0.1) is 11.9 Å². The Kier molecular flexibility index (Phi) is 5.15. The van der Waals surface area contributed by atoms with Crippen LogP contribution in [0.5, 0.6) is 0 Å². The molecule has 116 valence electrons. The van der Waals surface area contributed by atoms with E-state index in [1.165, 1.54) is 29.9 Å². The van der Waals surface area contributed by atoms with Crippen molar-refractivity contribution >= 4 is 17.7 Å². The van der Waals surface area contributed by atoms with Gasteiger partial charge in [0.15, 0.2) is 0 Å². The molecule has 1 aromatic heterocycles. The van der Waals surface area contributed by atoms with E-state index in [4.69, 9.17) is 5.11 Å². The number of anilines is 1. The first-order chi connectivity index (χ1) is 10.0. The van der Waals surface area contributed by atoms with E-state index in [-0.39, 0.29) is 18.6 Å². The van der Waals surface area contributed by atoms with Crippen LogP contribution in [-0.2, 0) is 11.3 Å². The van der Waals surface area contributed by atoms with Gasteiger partial charge in [0.25, 0.3) is 0 Å². The predicted octanol–water partition coefficient (Wildman–Crippen LogP) is 0.574. The van der Waals surface area contributed by atoms with Crippen LogP contribution in [0.3, 0.4) is 0 Å². The van der Waals surface area contributed by atoms with Crippen LogP contribution in [0.1, 0.15) is 19.8 Å². The summed E-state index contributed by atoms with van der Waals surface area (Å²) in [7, 11) is 0. The van der Waals surface area contributed by atoms with Gasteiger partial charge in [0, 0.05) is 18.8 Å². The molecule has 2 rings (SSSR count). The van der Waals surface area contributed by atoms with Gasteiger partial charge in [-0.15, -0.1) is 0 Å². The number of carbonyl (C=O) groups is 2. The largest absolute Gasteiger partial charge is 0.480 e. The Morgan fingerprint density at radius 3 is 2.81 bits per heavy atom. The number of aliphatic carboxylic acids is 1. The van der Waals surface area contributed by atoms with Crippen molar-refractivity contribution in [2.24, 2.45) is 0 Å². The molecule has 0 aromatic carbocycles. The van der Waals surface area contributed by atoms with E-state index >= 15 is 0 Å². The molecule has 0 radical (unpaired) electrons. The van der Waals surface area contributed by atoms with Crippen LogP contribution in [0.2, 0.25) is 0 Å². The third-order valence-corrected chi connectivity index (χ3v) is 3.30. The molecule has 2 heterocycles. The summed E-state index contributed by atoms with van der Waals surface area (Å²) in [5.74, 6) is -0.978. The smallest absolute Gasteiger partial charge is 0.325 e. The standard InChI is InChI=1S/C13H21N5O3/c1-10(7-17-4-2-3-5-17)15-13(21)16-11-6-14-18(8-11)9-12(19)20/h6,8,10H,2-5,7,9H2,1H3,(H,19,20)(H2,15,16,21). The lowest BCUT2D eigenvalue weighted by Crippen LogP contribution is -2.42. The first-order valence-corrected chi connectivity index (χ1v) is 7.07. The molecular weight excluding hydrogens is 274 g/mol. The van der Waals surface area contributed by atoms with Crippen molar-refractivity contribution in [1.82, 2.24) is 20.0 Å². The molecule has 1 fully saturated rings. The number of rotatable bonds is 6. The Balaban J connectivity index is 1.75. The van der Waals surface area contributed by atoms with Crippen LogP contribution in [0.25, 0.3) is 0 Å². The molecule has 0 spiro atoms. The fourth-order valence-corrected chi connectivity index (χ4v) is 2.44. The van der Waals surface area contributed by atoms with E-state index in [1.54, 1.807) is 0 Å². The van der Waals surface area contributed by atoms with Gasteiger partial charge in [-0.2, -0.15) is 5.10 Å². The summed E-state index contributed by atoms with van der Waals surface area (Å²) >= 11 is 0. The number of aromatic nitrogens is 2. The number of carbonyl (C=O) groups excluding carboxylic acids is 1. The molecule has 8 nitrogen and oxygen atoms in total. The van der Waals surface area contributed by atoms with Crippen molar-refractivity contribution in [3.63, 3.8) is 0 Å². The normalized spacial score (nSPS) is 16.6. The number of nitrogens with zero attached hydrogens (tertiary/aromatic N) is 3. The minimum Gasteiger partial charge on any atom is -0.480 e. The Morgan fingerprint density at radius 1 is 1.43 bits per heavy atom. The van der Waals surface area contributed by atoms with Crippen LogP contribution in [0.4, 0.5) is 10.5 Å². The maximum absolute atomic E-state index is 11.8. The number of hydrogen-bond acceptors (Lipinski definition) is 4. The van der Waals surface area contributed by atoms with Gasteiger partial charge in [-0.05, 0) is 32.9 Å². The van der Waals surface area contributed by atoms with Gasteiger partial charge < -0.3 is 20.6 Å². The molecule has 21 heavy (non-hydrogen) atoms. The number of carboxylic acids is 1. The van der Waals surface area contributed by atoms with Crippen molar-refractivity contribution in [1.29, 1.82) is 0 Å². The van der Waals surface area contributed by atoms with Crippen LogP contribution in [0, 0.1) is 0 Å². The molecule has 1 aliphatic rings. The van der Waals surface area contributed by atoms with E-state index < -0.39 is 5.97 Å². The van der Waals surface area contributed by atoms with E-state index in [1.807, 2.05) is 6.92 Å². The molecule has 0 bridgehead atoms. The van der Waals surface area contributed by atoms with Crippen molar-refractivity contribution in [2.45, 2.75) is 32.4 Å². The topological polar surface area (TPSA) is 99.5 Å². The maximum atomic E-state index is 11.8. The Hall–Kier alpha value is -2.09. The van der Waals surface area contributed by atoms with Gasteiger partial charge in [-0.25, -0.2) is 4.79 Å². The first-order valence-electron chi connectivity index (χ1n) is 7.07. The molecule has 1 atom stereocenters. The fraction of sp³-hybridized carbons (Fsp3) is 0.615. The molecule has 1 saturated heterocycles. The zero-order valence-electron chi connectivity index (χ0n) is 12.1. The predicted molar refractivity (Wildman–Crippen MR) is 77.2 cm³/mol. The average molecular weight is 295 g/mol. The molecule has 1 unspecified atom stereocenters. The van der Waals surface area contributed by atoms with E-state index in [2.05, 4.69) is 20.6 Å². The summed E-state index contributed by atoms with van der Waals surface area (Å²) in [4.78, 5) is 24.7. The molecule has 3 N–H and O–H groups in total. The number of nitrogens with one attached hydrogen (secondary N) is 2. The van der Waals surface area contributed by atoms with E-state index in [9.17, 15) is 9.59 Å². The molecule has 0 saturated carbocycles. The summed E-state index contributed by atoms with van der Waals surface area (Å²) in [5.41, 5.74) is 0.474. The van der Waals surface area contributed by atoms with Gasteiger partial charge in [0.1, 0.15) is 6.54 Å². The molecule has 0 aliphatic carbocycles. The van der Waals surface area contributed by atoms with Crippen LogP contribution in [0.15, 0.2) is 12.4 Å². The number of hydrogen-bond donors (Lipinski definition) is 3. The third-order valence-electron chi connectivity index (χ3n) is 3.30. The molecule has 1 aromatic rings. The van der Waals surface area contributed by atoms with Crippen molar-refractivity contribution in [2.75, 3.05) is 25.0 Å². The van der Waals surface area contributed by atoms with Crippen molar-refractivity contribution < 1.29 is 14.7 Å². The Bertz CT molecular complexity index is 496. The van der Waals surface area contributed by atoms with Crippen molar-refractivity contribution in [3.05, 3.63) is 12.4 Å². The van der Waals surface area contributed by atoms with Crippen LogP contribution < -0.4 is 10.6 Å². The number of amides is 2. The monoisotopic (exact) mass is 295 g/mol. The maximum Gasteiger partial charge on any atom is 0.325 e. The Morgan fingerprint density at radius 2 is 2.14 bits per heavy atom. The number of carboxylic acid groups (broad SMARTS) is 1. The highest BCUT2D eigenvalue weighted by Crippen LogP contribution is 2.08. The van der Waals surface area contributed by atoms with Gasteiger partial charge in [-0.3, -0.25) is 9.48 Å². The highest BCUT2D eigenvalue weighted by atomic mass is 16.4. The van der Waals surface area contributed by atoms with Gasteiger partial charge in [0.2, 0.25) is 0 Å². The molecular formula is C13H21N5O3. The third kappa shape index (κ3) is 5.07. The first kappa shape index (κ1) is 15.3. The number of likely N-dealkylation sites (tertiary alicyclic amines) is 1. The molecule has 1 aliphatic heterocycles. The van der Waals surface area contributed by atoms with Crippen LogP contribution >= 0.6 is 0 Å². The van der Waals surface area contributed by atoms with E-state index in [0.717, 1.165) is 19.6 Å². The zero-order chi connectivity index (χ0) is 15.2. The lowest BCUT2D eigenvalue weighted by atomic mass is 10.3. The summed E-state index contributed by atoms with van der Waals surface area (Å²) in [6, 6.07) is -0.256. The average Bonchev–Trinajstić information content (AvgIpc) is 3.00. The molecule has 8 heteroatoms. The number of urea groups is 1. The highest BCUT2D eigenvalue weighted by molar-refractivity contribution is 5.89. The summed E-state index contributed by atoms with van der Waals surface area (Å²) < 4.78 is 1.26. The van der Waals surface area contributed by atoms with Gasteiger partial charge in [-0.1, -0.05) is 0 Å². The van der Waals surface area contributed by atoms with Crippen molar-refractivity contribution in [3.8, 4) is 0 Å². The lowest BCUT2D eigenvalue weighted by molar-refractivity contribution is -0.137. The second kappa shape index (κ2) is 7.07. The minimum absolute atomic E-state index is 0.0529. The van der Waals surface area contributed by atoms with E-state index in [0.29, 0.717) is 5.69 Å². The second-order valence-corrected chi connectivity index (χ2v) is 5.33. The Labute approximate surface area is 123 Å². The van der Waals surface area contributed by atoms with Crippen LogP contribution in [-0.4, -0.2) is 57.5 Å². The summed E-state index contributed by atoms with van der Waals surface area (Å²) in [6.45, 7) is 4.76. The lowest BCUT2D eigenvalue weighted by Gasteiger charge is -2.21. The second-order valence-electron chi connectivity index (χ2n) is 5.33. The molecule has 2 amide bonds. The summed E-state index contributed by atoms with van der Waals surface area (Å²) in [6.07, 6.45) is 5.36. The fourth-order valence-electron chi connectivity index (χ4n) is 2.44. The SMILES string of the molecule is CC(CN1CCCC1)NC(=O)Nc1cnn(CC(=O)O)c1. The van der Waals surface area contributed by atoms with Gasteiger partial charge >= 0.3 is 12.0 Å². The summed E-state index contributed by atoms with van der Waals surface area (Å²) in [5, 5.41) is 18.0. The quantitative estimate of drug-likeness (QED) is 0.712. The zero-order valence-corrected chi connectivity index (χ0v) is 12.1. The highest BCUT2D eigenvalue weighted by Gasteiger charge is 2.16. The minimum atomic E-state index is -0.978.